The first-order valence-electron chi connectivity index (χ1n) is 7.75. The lowest BCUT2D eigenvalue weighted by Gasteiger charge is -2.45. The topological polar surface area (TPSA) is 89.2 Å². The number of ether oxygens (including phenoxy) is 1. The highest BCUT2D eigenvalue weighted by Crippen LogP contribution is 2.41. The second-order valence-electron chi connectivity index (χ2n) is 5.98. The summed E-state index contributed by atoms with van der Waals surface area (Å²) in [6, 6.07) is 2.86. The Bertz CT molecular complexity index is 725. The number of nitrogens with two attached hydrogens (primary N) is 2. The zero-order valence-corrected chi connectivity index (χ0v) is 13.2. The van der Waals surface area contributed by atoms with Gasteiger partial charge in [-0.15, -0.1) is 13.2 Å². The van der Waals surface area contributed by atoms with E-state index in [2.05, 4.69) is 14.7 Å². The average molecular weight is 359 g/mol. The van der Waals surface area contributed by atoms with Crippen LogP contribution < -0.4 is 21.1 Å². The molecule has 0 radical (unpaired) electrons. The molecule has 1 saturated carbocycles. The van der Waals surface area contributed by atoms with Gasteiger partial charge in [-0.25, -0.2) is 9.38 Å². The van der Waals surface area contributed by atoms with Crippen LogP contribution in [0.25, 0.3) is 0 Å². The number of benzene rings is 1. The molecule has 1 aromatic rings. The maximum Gasteiger partial charge on any atom is 0.573 e. The summed E-state index contributed by atoms with van der Waals surface area (Å²) in [4.78, 5) is 9.67. The fourth-order valence-electron chi connectivity index (χ4n) is 3.34. The quantitative estimate of drug-likeness (QED) is 0.795. The molecule has 0 amide bonds. The standard InChI is InChI=1S/C15H17F4N5O/c16-10-8-9(25-15(17,18)19)4-5-11(10)24-13(21)22-12(20)23-14(24)6-2-1-3-7-14/h4-5,8H,1-3,6-7H2,(H4,20,21,22,23). The molecule has 2 aliphatic rings. The molecule has 1 spiro atoms. The fraction of sp³-hybridized carbons (Fsp3) is 0.467. The van der Waals surface area contributed by atoms with E-state index < -0.39 is 23.6 Å². The molecule has 1 aliphatic carbocycles. The highest BCUT2D eigenvalue weighted by Gasteiger charge is 2.43. The Kier molecular flexibility index (Phi) is 4.21. The van der Waals surface area contributed by atoms with Gasteiger partial charge in [0.05, 0.1) is 5.69 Å². The van der Waals surface area contributed by atoms with Crippen LogP contribution >= 0.6 is 0 Å². The van der Waals surface area contributed by atoms with E-state index in [1.54, 1.807) is 0 Å². The van der Waals surface area contributed by atoms with Crippen molar-refractivity contribution in [2.24, 2.45) is 21.5 Å². The van der Waals surface area contributed by atoms with Gasteiger partial charge in [0.15, 0.2) is 5.82 Å². The number of halogens is 4. The Morgan fingerprint density at radius 1 is 1.12 bits per heavy atom. The van der Waals surface area contributed by atoms with Gasteiger partial charge in [0.25, 0.3) is 0 Å². The highest BCUT2D eigenvalue weighted by atomic mass is 19.4. The zero-order valence-electron chi connectivity index (χ0n) is 13.2. The van der Waals surface area contributed by atoms with Crippen LogP contribution in [0.3, 0.4) is 0 Å². The summed E-state index contributed by atoms with van der Waals surface area (Å²) in [5.74, 6) is -1.60. The summed E-state index contributed by atoms with van der Waals surface area (Å²) in [5, 5.41) is 0. The van der Waals surface area contributed by atoms with Crippen molar-refractivity contribution in [3.8, 4) is 5.75 Å². The maximum atomic E-state index is 14.5. The fourth-order valence-corrected chi connectivity index (χ4v) is 3.34. The second kappa shape index (κ2) is 6.08. The number of nitrogens with zero attached hydrogens (tertiary/aromatic N) is 3. The Balaban J connectivity index is 2.00. The summed E-state index contributed by atoms with van der Waals surface area (Å²) in [7, 11) is 0. The lowest BCUT2D eigenvalue weighted by Crippen LogP contribution is -2.58. The van der Waals surface area contributed by atoms with Crippen LogP contribution in [-0.4, -0.2) is 23.9 Å². The summed E-state index contributed by atoms with van der Waals surface area (Å²) in [6.45, 7) is 0. The van der Waals surface area contributed by atoms with Crippen molar-refractivity contribution in [3.05, 3.63) is 24.0 Å². The first-order valence-corrected chi connectivity index (χ1v) is 7.75. The van der Waals surface area contributed by atoms with Crippen molar-refractivity contribution < 1.29 is 22.3 Å². The summed E-state index contributed by atoms with van der Waals surface area (Å²) in [6.07, 6.45) is -1.03. The van der Waals surface area contributed by atoms with E-state index in [9.17, 15) is 17.6 Å². The Morgan fingerprint density at radius 2 is 1.80 bits per heavy atom. The van der Waals surface area contributed by atoms with E-state index in [4.69, 9.17) is 11.5 Å². The Hall–Kier alpha value is -2.52. The minimum atomic E-state index is -4.90. The van der Waals surface area contributed by atoms with E-state index in [1.165, 1.54) is 11.0 Å². The predicted octanol–water partition coefficient (Wildman–Crippen LogP) is 2.83. The van der Waals surface area contributed by atoms with Crippen molar-refractivity contribution >= 4 is 17.6 Å². The van der Waals surface area contributed by atoms with Crippen LogP contribution in [0.1, 0.15) is 32.1 Å². The molecule has 0 atom stereocenters. The van der Waals surface area contributed by atoms with Gasteiger partial charge in [0.2, 0.25) is 11.9 Å². The van der Waals surface area contributed by atoms with Gasteiger partial charge in [-0.3, -0.25) is 4.90 Å². The third-order valence-electron chi connectivity index (χ3n) is 4.25. The number of aliphatic imine (C=N–C) groups is 2. The third-order valence-corrected chi connectivity index (χ3v) is 4.25. The number of alkyl halides is 3. The molecule has 0 unspecified atom stereocenters. The minimum absolute atomic E-state index is 0.00748. The summed E-state index contributed by atoms with van der Waals surface area (Å²) >= 11 is 0. The molecule has 1 heterocycles. The van der Waals surface area contributed by atoms with Gasteiger partial charge in [-0.2, -0.15) is 4.99 Å². The molecular formula is C15H17F4N5O. The molecule has 0 aromatic heterocycles. The van der Waals surface area contributed by atoms with Gasteiger partial charge in [-0.1, -0.05) is 6.42 Å². The van der Waals surface area contributed by atoms with E-state index in [0.717, 1.165) is 25.3 Å². The highest BCUT2D eigenvalue weighted by molar-refractivity contribution is 6.05. The van der Waals surface area contributed by atoms with Crippen molar-refractivity contribution in [2.45, 2.75) is 44.1 Å². The largest absolute Gasteiger partial charge is 0.573 e. The maximum absolute atomic E-state index is 14.5. The number of anilines is 1. The molecule has 0 saturated heterocycles. The van der Waals surface area contributed by atoms with Gasteiger partial charge in [0, 0.05) is 6.07 Å². The number of guanidine groups is 2. The zero-order chi connectivity index (χ0) is 18.2. The first kappa shape index (κ1) is 17.3. The molecule has 3 rings (SSSR count). The molecule has 25 heavy (non-hydrogen) atoms. The van der Waals surface area contributed by atoms with Crippen molar-refractivity contribution in [1.29, 1.82) is 0 Å². The van der Waals surface area contributed by atoms with Gasteiger partial charge in [-0.05, 0) is 37.8 Å². The van der Waals surface area contributed by atoms with Crippen LogP contribution in [0.2, 0.25) is 0 Å². The van der Waals surface area contributed by atoms with Crippen molar-refractivity contribution in [1.82, 2.24) is 0 Å². The smallest absolute Gasteiger partial charge is 0.406 e. The van der Waals surface area contributed by atoms with Crippen LogP contribution in [0.4, 0.5) is 23.2 Å². The monoisotopic (exact) mass is 359 g/mol. The van der Waals surface area contributed by atoms with E-state index >= 15 is 0 Å². The van der Waals surface area contributed by atoms with E-state index in [1.807, 2.05) is 0 Å². The van der Waals surface area contributed by atoms with Crippen LogP contribution in [-0.2, 0) is 0 Å². The van der Waals surface area contributed by atoms with Crippen LogP contribution in [0.5, 0.6) is 5.75 Å². The third kappa shape index (κ3) is 3.47. The predicted molar refractivity (Wildman–Crippen MR) is 84.6 cm³/mol. The van der Waals surface area contributed by atoms with E-state index in [-0.39, 0.29) is 17.6 Å². The van der Waals surface area contributed by atoms with Crippen LogP contribution in [0.15, 0.2) is 28.2 Å². The number of hydrogen-bond donors (Lipinski definition) is 2. The summed E-state index contributed by atoms with van der Waals surface area (Å²) < 4.78 is 55.2. The van der Waals surface area contributed by atoms with Gasteiger partial charge < -0.3 is 16.2 Å². The van der Waals surface area contributed by atoms with Gasteiger partial charge in [0.1, 0.15) is 11.4 Å². The van der Waals surface area contributed by atoms with E-state index in [0.29, 0.717) is 18.9 Å². The Morgan fingerprint density at radius 3 is 2.40 bits per heavy atom. The average Bonchev–Trinajstić information content (AvgIpc) is 2.48. The van der Waals surface area contributed by atoms with Crippen molar-refractivity contribution in [3.63, 3.8) is 0 Å². The SMILES string of the molecule is NC1=NC2(CCCCC2)N(c2ccc(OC(F)(F)F)cc2F)C(N)=N1. The molecule has 1 aromatic carbocycles. The summed E-state index contributed by atoms with van der Waals surface area (Å²) in [5.41, 5.74) is 10.8. The molecule has 6 nitrogen and oxygen atoms in total. The second-order valence-corrected chi connectivity index (χ2v) is 5.98. The lowest BCUT2D eigenvalue weighted by molar-refractivity contribution is -0.274. The molecule has 1 aliphatic heterocycles. The number of hydrogen-bond acceptors (Lipinski definition) is 6. The molecule has 0 bridgehead atoms. The molecule has 136 valence electrons. The number of rotatable bonds is 2. The molecular weight excluding hydrogens is 342 g/mol. The molecule has 4 N–H and O–H groups in total. The molecule has 1 fully saturated rings. The normalized spacial score (nSPS) is 20.2. The molecule has 10 heteroatoms. The lowest BCUT2D eigenvalue weighted by atomic mass is 9.87. The first-order chi connectivity index (χ1) is 11.7. The Labute approximate surface area is 141 Å². The van der Waals surface area contributed by atoms with Crippen molar-refractivity contribution in [2.75, 3.05) is 4.90 Å². The van der Waals surface area contributed by atoms with Crippen LogP contribution in [0, 0.1) is 5.82 Å². The van der Waals surface area contributed by atoms with Gasteiger partial charge >= 0.3 is 6.36 Å². The minimum Gasteiger partial charge on any atom is -0.406 e.